The molecule has 2 saturated heterocycles. The standard InChI is InChI=1S/C21H22ClN3O4S/c1-2-26-19-17(24)18-15(11-27-20(29-18)12-6-4-3-5-7-12)28-21(19)30-16-8-13(22)10-25-14(16)9-23/h3-8,10,15,17-21H,2,11,24H2,1H3. The molecule has 6 unspecified atom stereocenters. The second-order valence-electron chi connectivity index (χ2n) is 6.95. The van der Waals surface area contributed by atoms with Crippen molar-refractivity contribution in [1.29, 1.82) is 5.26 Å². The number of aromatic nitrogens is 1. The van der Waals surface area contributed by atoms with Gasteiger partial charge in [-0.05, 0) is 13.0 Å². The van der Waals surface area contributed by atoms with E-state index in [0.717, 1.165) is 5.56 Å². The highest BCUT2D eigenvalue weighted by Crippen LogP contribution is 2.40. The first-order valence-corrected chi connectivity index (χ1v) is 10.9. The number of thioether (sulfide) groups is 1. The SMILES string of the molecule is CCOC1C(Sc2cc(Cl)cnc2C#N)OC2COC(c3ccccc3)OC2C1N. The van der Waals surface area contributed by atoms with Gasteiger partial charge in [-0.15, -0.1) is 0 Å². The molecule has 30 heavy (non-hydrogen) atoms. The Morgan fingerprint density at radius 1 is 1.33 bits per heavy atom. The number of benzene rings is 1. The van der Waals surface area contributed by atoms with Crippen LogP contribution in [0.2, 0.25) is 5.02 Å². The van der Waals surface area contributed by atoms with Crippen molar-refractivity contribution in [1.82, 2.24) is 4.98 Å². The summed E-state index contributed by atoms with van der Waals surface area (Å²) in [6.07, 6.45) is -0.241. The Hall–Kier alpha value is -1.70. The predicted molar refractivity (Wildman–Crippen MR) is 112 cm³/mol. The number of fused-ring (bicyclic) bond motifs is 1. The fourth-order valence-electron chi connectivity index (χ4n) is 3.60. The Bertz CT molecular complexity index is 913. The maximum Gasteiger partial charge on any atom is 0.184 e. The Kier molecular flexibility index (Phi) is 6.91. The number of nitriles is 1. The second-order valence-corrected chi connectivity index (χ2v) is 8.52. The van der Waals surface area contributed by atoms with Gasteiger partial charge in [0.15, 0.2) is 12.0 Å². The van der Waals surface area contributed by atoms with Gasteiger partial charge < -0.3 is 24.7 Å². The summed E-state index contributed by atoms with van der Waals surface area (Å²) in [5.41, 5.74) is 7.34. The molecule has 2 aliphatic rings. The van der Waals surface area contributed by atoms with Gasteiger partial charge >= 0.3 is 0 Å². The van der Waals surface area contributed by atoms with Crippen LogP contribution in [0.5, 0.6) is 0 Å². The van der Waals surface area contributed by atoms with Crippen molar-refractivity contribution < 1.29 is 18.9 Å². The highest BCUT2D eigenvalue weighted by Gasteiger charge is 2.49. The van der Waals surface area contributed by atoms with E-state index in [1.807, 2.05) is 37.3 Å². The number of rotatable bonds is 5. The van der Waals surface area contributed by atoms with E-state index in [1.54, 1.807) is 6.07 Å². The van der Waals surface area contributed by atoms with Gasteiger partial charge in [-0.25, -0.2) is 4.98 Å². The van der Waals surface area contributed by atoms with Gasteiger partial charge in [0.2, 0.25) is 0 Å². The number of nitrogens with zero attached hydrogens (tertiary/aromatic N) is 2. The lowest BCUT2D eigenvalue weighted by molar-refractivity contribution is -0.300. The molecule has 2 fully saturated rings. The van der Waals surface area contributed by atoms with E-state index in [-0.39, 0.29) is 17.9 Å². The zero-order valence-electron chi connectivity index (χ0n) is 16.3. The van der Waals surface area contributed by atoms with E-state index in [1.165, 1.54) is 18.0 Å². The van der Waals surface area contributed by atoms with Crippen molar-refractivity contribution in [3.8, 4) is 6.07 Å². The van der Waals surface area contributed by atoms with Crippen LogP contribution in [0.15, 0.2) is 47.5 Å². The maximum atomic E-state index is 9.38. The molecule has 7 nitrogen and oxygen atoms in total. The number of pyridine rings is 1. The molecule has 0 spiro atoms. The smallest absolute Gasteiger partial charge is 0.184 e. The van der Waals surface area contributed by atoms with Crippen LogP contribution in [0, 0.1) is 11.3 Å². The first-order chi connectivity index (χ1) is 14.6. The largest absolute Gasteiger partial charge is 0.373 e. The van der Waals surface area contributed by atoms with Crippen LogP contribution < -0.4 is 5.73 Å². The summed E-state index contributed by atoms with van der Waals surface area (Å²) in [6.45, 7) is 2.71. The lowest BCUT2D eigenvalue weighted by Gasteiger charge is -2.48. The van der Waals surface area contributed by atoms with Gasteiger partial charge in [-0.3, -0.25) is 0 Å². The van der Waals surface area contributed by atoms with Crippen LogP contribution in [0.3, 0.4) is 0 Å². The van der Waals surface area contributed by atoms with E-state index in [4.69, 9.17) is 36.3 Å². The Morgan fingerprint density at radius 2 is 2.13 bits per heavy atom. The molecule has 9 heteroatoms. The second kappa shape index (κ2) is 9.62. The van der Waals surface area contributed by atoms with Crippen molar-refractivity contribution >= 4 is 23.4 Å². The van der Waals surface area contributed by atoms with E-state index in [0.29, 0.717) is 23.1 Å². The summed E-state index contributed by atoms with van der Waals surface area (Å²) in [4.78, 5) is 4.70. The van der Waals surface area contributed by atoms with Gasteiger partial charge in [-0.1, -0.05) is 53.7 Å². The highest BCUT2D eigenvalue weighted by atomic mass is 35.5. The molecule has 0 saturated carbocycles. The zero-order chi connectivity index (χ0) is 21.1. The van der Waals surface area contributed by atoms with Crippen LogP contribution in [-0.2, 0) is 18.9 Å². The Balaban J connectivity index is 1.55. The number of hydrogen-bond donors (Lipinski definition) is 1. The first kappa shape index (κ1) is 21.5. The van der Waals surface area contributed by atoms with E-state index in [2.05, 4.69) is 11.1 Å². The minimum Gasteiger partial charge on any atom is -0.373 e. The molecule has 0 radical (unpaired) electrons. The minimum absolute atomic E-state index is 0.277. The topological polar surface area (TPSA) is 99.6 Å². The van der Waals surface area contributed by atoms with Crippen LogP contribution in [0.4, 0.5) is 0 Å². The fraction of sp³-hybridized carbons (Fsp3) is 0.429. The van der Waals surface area contributed by atoms with Crippen molar-refractivity contribution in [3.05, 3.63) is 58.9 Å². The summed E-state index contributed by atoms with van der Waals surface area (Å²) in [6, 6.07) is 13.1. The number of ether oxygens (including phenoxy) is 4. The van der Waals surface area contributed by atoms with Crippen LogP contribution in [0.1, 0.15) is 24.5 Å². The number of halogens is 1. The van der Waals surface area contributed by atoms with Crippen LogP contribution in [-0.4, -0.2) is 48.0 Å². The molecule has 2 aliphatic heterocycles. The molecular weight excluding hydrogens is 426 g/mol. The number of hydrogen-bond acceptors (Lipinski definition) is 8. The maximum absolute atomic E-state index is 9.38. The third-order valence-electron chi connectivity index (χ3n) is 4.99. The molecule has 0 bridgehead atoms. The van der Waals surface area contributed by atoms with Gasteiger partial charge in [0.25, 0.3) is 0 Å². The Morgan fingerprint density at radius 3 is 2.87 bits per heavy atom. The normalized spacial score (nSPS) is 31.0. The van der Waals surface area contributed by atoms with E-state index >= 15 is 0 Å². The monoisotopic (exact) mass is 447 g/mol. The van der Waals surface area contributed by atoms with Gasteiger partial charge in [0.05, 0.1) is 17.7 Å². The molecule has 0 amide bonds. The summed E-state index contributed by atoms with van der Waals surface area (Å²) in [5.74, 6) is 0. The average molecular weight is 448 g/mol. The van der Waals surface area contributed by atoms with Crippen molar-refractivity contribution in [2.45, 2.75) is 47.9 Å². The zero-order valence-corrected chi connectivity index (χ0v) is 17.9. The van der Waals surface area contributed by atoms with Gasteiger partial charge in [0, 0.05) is 23.3 Å². The van der Waals surface area contributed by atoms with E-state index < -0.39 is 23.9 Å². The third kappa shape index (κ3) is 4.48. The quantitative estimate of drug-likeness (QED) is 0.745. The van der Waals surface area contributed by atoms with Crippen molar-refractivity contribution in [2.75, 3.05) is 13.2 Å². The van der Waals surface area contributed by atoms with Crippen molar-refractivity contribution in [2.24, 2.45) is 5.73 Å². The summed E-state index contributed by atoms with van der Waals surface area (Å²) >= 11 is 7.41. The molecule has 2 aromatic rings. The predicted octanol–water partition coefficient (Wildman–Crippen LogP) is 3.27. The summed E-state index contributed by atoms with van der Waals surface area (Å²) in [5, 5.41) is 9.82. The first-order valence-electron chi connectivity index (χ1n) is 9.67. The van der Waals surface area contributed by atoms with Crippen LogP contribution >= 0.6 is 23.4 Å². The highest BCUT2D eigenvalue weighted by molar-refractivity contribution is 7.99. The molecule has 1 aromatic carbocycles. The molecule has 3 heterocycles. The molecule has 4 rings (SSSR count). The fourth-order valence-corrected chi connectivity index (χ4v) is 5.07. The average Bonchev–Trinajstić information content (AvgIpc) is 2.77. The molecule has 6 atom stereocenters. The number of nitrogens with two attached hydrogens (primary N) is 1. The van der Waals surface area contributed by atoms with Crippen LogP contribution in [0.25, 0.3) is 0 Å². The molecule has 158 valence electrons. The lowest BCUT2D eigenvalue weighted by Crippen LogP contribution is -2.64. The molecule has 1 aromatic heterocycles. The molecular formula is C21H22ClN3O4S. The summed E-state index contributed by atoms with van der Waals surface area (Å²) < 4.78 is 24.3. The Labute approximate surface area is 184 Å². The summed E-state index contributed by atoms with van der Waals surface area (Å²) in [7, 11) is 0. The molecule has 0 aliphatic carbocycles. The van der Waals surface area contributed by atoms with E-state index in [9.17, 15) is 5.26 Å². The van der Waals surface area contributed by atoms with Crippen molar-refractivity contribution in [3.63, 3.8) is 0 Å². The van der Waals surface area contributed by atoms with Gasteiger partial charge in [-0.2, -0.15) is 5.26 Å². The van der Waals surface area contributed by atoms with Gasteiger partial charge in [0.1, 0.15) is 29.8 Å². The third-order valence-corrected chi connectivity index (χ3v) is 6.38. The lowest BCUT2D eigenvalue weighted by atomic mass is 9.96. The molecule has 2 N–H and O–H groups in total. The minimum atomic E-state index is -0.504.